The quantitative estimate of drug-likeness (QED) is 0.833. The number of likely N-dealkylation sites (tertiary alicyclic amines) is 1. The Hall–Kier alpha value is -1.59. The zero-order valence-electron chi connectivity index (χ0n) is 13.5. The normalized spacial score (nSPS) is 22.3. The van der Waals surface area contributed by atoms with Crippen LogP contribution in [0.4, 0.5) is 0 Å². The Labute approximate surface area is 132 Å². The summed E-state index contributed by atoms with van der Waals surface area (Å²) in [5.41, 5.74) is 6.86. The molecule has 1 aliphatic heterocycles. The van der Waals surface area contributed by atoms with Crippen molar-refractivity contribution < 1.29 is 9.53 Å². The largest absolute Gasteiger partial charge is 0.496 e. The number of piperidine rings is 1. The number of hydrogen-bond donors (Lipinski definition) is 2. The molecule has 5 nitrogen and oxygen atoms in total. The molecule has 0 aliphatic carbocycles. The first-order chi connectivity index (χ1) is 10.7. The molecule has 1 saturated heterocycles. The van der Waals surface area contributed by atoms with Gasteiger partial charge in [0.25, 0.3) is 0 Å². The third kappa shape index (κ3) is 4.21. The van der Waals surface area contributed by atoms with Gasteiger partial charge in [-0.25, -0.2) is 0 Å². The molecular weight excluding hydrogens is 278 g/mol. The van der Waals surface area contributed by atoms with Crippen LogP contribution in [0, 0.1) is 5.92 Å². The van der Waals surface area contributed by atoms with Crippen LogP contribution < -0.4 is 15.8 Å². The summed E-state index contributed by atoms with van der Waals surface area (Å²) in [4.78, 5) is 14.4. The molecule has 1 aromatic carbocycles. The third-order valence-electron chi connectivity index (χ3n) is 4.49. The fraction of sp³-hybridized carbons (Fsp3) is 0.588. The van der Waals surface area contributed by atoms with Gasteiger partial charge in [0, 0.05) is 24.7 Å². The number of methoxy groups -OCH3 is 1. The molecular formula is C17H27N3O2. The molecule has 1 aliphatic rings. The number of nitrogens with zero attached hydrogens (tertiary/aromatic N) is 1. The maximum Gasteiger partial charge on any atom is 0.234 e. The molecule has 0 spiro atoms. The van der Waals surface area contributed by atoms with Gasteiger partial charge in [-0.1, -0.05) is 25.1 Å². The summed E-state index contributed by atoms with van der Waals surface area (Å²) in [6, 6.07) is 8.04. The minimum Gasteiger partial charge on any atom is -0.496 e. The van der Waals surface area contributed by atoms with E-state index in [0.717, 1.165) is 24.3 Å². The molecule has 22 heavy (non-hydrogen) atoms. The molecule has 2 rings (SSSR count). The summed E-state index contributed by atoms with van der Waals surface area (Å²) in [5, 5.41) is 2.98. The van der Waals surface area contributed by atoms with E-state index in [4.69, 9.17) is 10.5 Å². The summed E-state index contributed by atoms with van der Waals surface area (Å²) in [5.74, 6) is 1.40. The first-order valence-electron chi connectivity index (χ1n) is 7.98. The van der Waals surface area contributed by atoms with Gasteiger partial charge in [0.05, 0.1) is 13.7 Å². The lowest BCUT2D eigenvalue weighted by Gasteiger charge is -2.38. The minimum absolute atomic E-state index is 0.0402. The van der Waals surface area contributed by atoms with Crippen LogP contribution in [0.2, 0.25) is 0 Å². The maximum absolute atomic E-state index is 12.2. The highest BCUT2D eigenvalue weighted by Crippen LogP contribution is 2.22. The number of amides is 1. The van der Waals surface area contributed by atoms with Crippen molar-refractivity contribution >= 4 is 5.91 Å². The van der Waals surface area contributed by atoms with E-state index < -0.39 is 0 Å². The first-order valence-corrected chi connectivity index (χ1v) is 7.98. The van der Waals surface area contributed by atoms with Crippen LogP contribution >= 0.6 is 0 Å². The van der Waals surface area contributed by atoms with Gasteiger partial charge in [0.15, 0.2) is 0 Å². The lowest BCUT2D eigenvalue weighted by Crippen LogP contribution is -2.51. The summed E-state index contributed by atoms with van der Waals surface area (Å²) >= 11 is 0. The van der Waals surface area contributed by atoms with E-state index in [-0.39, 0.29) is 5.91 Å². The van der Waals surface area contributed by atoms with E-state index in [9.17, 15) is 4.79 Å². The summed E-state index contributed by atoms with van der Waals surface area (Å²) < 4.78 is 5.30. The van der Waals surface area contributed by atoms with Crippen LogP contribution in [0.25, 0.3) is 0 Å². The van der Waals surface area contributed by atoms with Crippen molar-refractivity contribution in [1.82, 2.24) is 10.2 Å². The number of ether oxygens (including phenoxy) is 1. The van der Waals surface area contributed by atoms with E-state index in [1.54, 1.807) is 7.11 Å². The number of para-hydroxylation sites is 1. The Kier molecular flexibility index (Phi) is 6.21. The number of rotatable bonds is 6. The van der Waals surface area contributed by atoms with Crippen molar-refractivity contribution in [1.29, 1.82) is 0 Å². The van der Waals surface area contributed by atoms with Crippen molar-refractivity contribution in [3.63, 3.8) is 0 Å². The van der Waals surface area contributed by atoms with E-state index >= 15 is 0 Å². The van der Waals surface area contributed by atoms with Crippen molar-refractivity contribution in [3.05, 3.63) is 29.8 Å². The average molecular weight is 305 g/mol. The van der Waals surface area contributed by atoms with Gasteiger partial charge in [-0.2, -0.15) is 0 Å². The van der Waals surface area contributed by atoms with Crippen LogP contribution in [0.3, 0.4) is 0 Å². The smallest absolute Gasteiger partial charge is 0.234 e. The average Bonchev–Trinajstić information content (AvgIpc) is 2.53. The van der Waals surface area contributed by atoms with Crippen LogP contribution in [0.5, 0.6) is 5.75 Å². The van der Waals surface area contributed by atoms with Gasteiger partial charge in [-0.15, -0.1) is 0 Å². The van der Waals surface area contributed by atoms with E-state index in [0.29, 0.717) is 31.6 Å². The van der Waals surface area contributed by atoms with Crippen LogP contribution in [-0.4, -0.2) is 43.6 Å². The predicted octanol–water partition coefficient (Wildman–Crippen LogP) is 1.37. The standard InChI is InChI=1S/C17H27N3O2/c1-13-6-5-9-20(15(13)10-18)12-17(21)19-11-14-7-3-4-8-16(14)22-2/h3-4,7-8,13,15H,5-6,9-12,18H2,1-2H3,(H,19,21). The highest BCUT2D eigenvalue weighted by molar-refractivity contribution is 5.78. The summed E-state index contributed by atoms with van der Waals surface area (Å²) in [6.45, 7) is 4.69. The first kappa shape index (κ1) is 16.8. The molecule has 0 radical (unpaired) electrons. The third-order valence-corrected chi connectivity index (χ3v) is 4.49. The molecule has 3 N–H and O–H groups in total. The molecule has 2 unspecified atom stereocenters. The molecule has 1 heterocycles. The molecule has 2 atom stereocenters. The second-order valence-electron chi connectivity index (χ2n) is 5.98. The SMILES string of the molecule is COc1ccccc1CNC(=O)CN1CCCC(C)C1CN. The lowest BCUT2D eigenvalue weighted by molar-refractivity contribution is -0.123. The Morgan fingerprint density at radius 3 is 2.95 bits per heavy atom. The van der Waals surface area contributed by atoms with Crippen molar-refractivity contribution in [2.45, 2.75) is 32.4 Å². The number of carbonyl (C=O) groups excluding carboxylic acids is 1. The zero-order valence-corrected chi connectivity index (χ0v) is 13.5. The van der Waals surface area contributed by atoms with Gasteiger partial charge in [0.1, 0.15) is 5.75 Å². The second kappa shape index (κ2) is 8.15. The molecule has 0 bridgehead atoms. The van der Waals surface area contributed by atoms with Gasteiger partial charge in [-0.3, -0.25) is 9.69 Å². The lowest BCUT2D eigenvalue weighted by atomic mass is 9.91. The summed E-state index contributed by atoms with van der Waals surface area (Å²) in [7, 11) is 1.64. The predicted molar refractivity (Wildman–Crippen MR) is 87.7 cm³/mol. The molecule has 1 amide bonds. The topological polar surface area (TPSA) is 67.6 Å². The van der Waals surface area contributed by atoms with Gasteiger partial charge in [-0.05, 0) is 31.4 Å². The van der Waals surface area contributed by atoms with E-state index in [1.165, 1.54) is 6.42 Å². The monoisotopic (exact) mass is 305 g/mol. The Morgan fingerprint density at radius 2 is 2.23 bits per heavy atom. The molecule has 122 valence electrons. The van der Waals surface area contributed by atoms with E-state index in [1.807, 2.05) is 24.3 Å². The van der Waals surface area contributed by atoms with Crippen molar-refractivity contribution in [2.75, 3.05) is 26.7 Å². The Morgan fingerprint density at radius 1 is 1.45 bits per heavy atom. The molecule has 0 saturated carbocycles. The second-order valence-corrected chi connectivity index (χ2v) is 5.98. The Balaban J connectivity index is 1.87. The number of hydrogen-bond acceptors (Lipinski definition) is 4. The molecule has 5 heteroatoms. The van der Waals surface area contributed by atoms with Gasteiger partial charge in [0.2, 0.25) is 5.91 Å². The Bertz CT molecular complexity index is 493. The maximum atomic E-state index is 12.2. The number of carbonyl (C=O) groups is 1. The molecule has 0 aromatic heterocycles. The highest BCUT2D eigenvalue weighted by atomic mass is 16.5. The minimum atomic E-state index is 0.0402. The number of nitrogens with one attached hydrogen (secondary N) is 1. The van der Waals surface area contributed by atoms with Crippen molar-refractivity contribution in [3.8, 4) is 5.75 Å². The molecule has 1 fully saturated rings. The number of nitrogens with two attached hydrogens (primary N) is 1. The van der Waals surface area contributed by atoms with Crippen LogP contribution in [0.15, 0.2) is 24.3 Å². The fourth-order valence-electron chi connectivity index (χ4n) is 3.20. The van der Waals surface area contributed by atoms with E-state index in [2.05, 4.69) is 17.1 Å². The number of benzene rings is 1. The van der Waals surface area contributed by atoms with Gasteiger partial charge >= 0.3 is 0 Å². The highest BCUT2D eigenvalue weighted by Gasteiger charge is 2.28. The van der Waals surface area contributed by atoms with Gasteiger partial charge < -0.3 is 15.8 Å². The summed E-state index contributed by atoms with van der Waals surface area (Å²) in [6.07, 6.45) is 2.33. The fourth-order valence-corrected chi connectivity index (χ4v) is 3.20. The van der Waals surface area contributed by atoms with Crippen molar-refractivity contribution in [2.24, 2.45) is 11.7 Å². The van der Waals surface area contributed by atoms with Crippen LogP contribution in [-0.2, 0) is 11.3 Å². The zero-order chi connectivity index (χ0) is 15.9. The molecule has 1 aromatic rings. The van der Waals surface area contributed by atoms with Crippen LogP contribution in [0.1, 0.15) is 25.3 Å².